The minimum atomic E-state index is -4.67. The predicted octanol–water partition coefficient (Wildman–Crippen LogP) is 4.94. The van der Waals surface area contributed by atoms with Gasteiger partial charge in [0.05, 0.1) is 11.1 Å². The van der Waals surface area contributed by atoms with Gasteiger partial charge in [0, 0.05) is 75.1 Å². The number of nitrogens with two attached hydrogens (primary N) is 1. The average Bonchev–Trinajstić information content (AvgIpc) is 3.55. The molecule has 3 fully saturated rings. The normalized spacial score (nSPS) is 21.0. The number of benzene rings is 2. The molecule has 0 bridgehead atoms. The fraction of sp³-hybridized carbons (Fsp3) is 0.531. The van der Waals surface area contributed by atoms with Crippen LogP contribution >= 0.6 is 11.6 Å². The number of nitrogen functional groups attached to an aromatic ring is 1. The van der Waals surface area contributed by atoms with Crippen molar-refractivity contribution in [3.8, 4) is 0 Å². The van der Waals surface area contributed by atoms with Crippen LogP contribution in [0.2, 0.25) is 5.02 Å². The Kier molecular flexibility index (Phi) is 9.46. The van der Waals surface area contributed by atoms with Gasteiger partial charge >= 0.3 is 6.18 Å². The van der Waals surface area contributed by atoms with E-state index < -0.39 is 23.2 Å². The number of carbonyl (C=O) groups excluding carboxylic acids is 3. The minimum Gasteiger partial charge on any atom is -0.398 e. The number of anilines is 2. The summed E-state index contributed by atoms with van der Waals surface area (Å²) in [5.41, 5.74) is 5.89. The maximum absolute atomic E-state index is 13.7. The Hall–Kier alpha value is -3.31. The lowest BCUT2D eigenvalue weighted by atomic mass is 9.94. The van der Waals surface area contributed by atoms with Gasteiger partial charge in [-0.25, -0.2) is 0 Å². The van der Waals surface area contributed by atoms with Gasteiger partial charge in [0.25, 0.3) is 5.91 Å². The molecule has 0 aromatic heterocycles. The molecule has 238 valence electrons. The summed E-state index contributed by atoms with van der Waals surface area (Å²) >= 11 is 6.43. The fourth-order valence-electron chi connectivity index (χ4n) is 6.87. The van der Waals surface area contributed by atoms with E-state index in [4.69, 9.17) is 17.3 Å². The van der Waals surface area contributed by atoms with Crippen LogP contribution in [0, 0.1) is 24.7 Å². The first-order valence-electron chi connectivity index (χ1n) is 15.1. The molecular weight excluding hydrogens is 595 g/mol. The Morgan fingerprint density at radius 3 is 2.25 bits per heavy atom. The van der Waals surface area contributed by atoms with E-state index in [2.05, 4.69) is 4.90 Å². The number of hydrogen-bond acceptors (Lipinski definition) is 5. The fourth-order valence-corrected chi connectivity index (χ4v) is 7.05. The lowest BCUT2D eigenvalue weighted by Gasteiger charge is -2.34. The Bertz CT molecular complexity index is 1400. The molecule has 5 rings (SSSR count). The van der Waals surface area contributed by atoms with Gasteiger partial charge in [-0.1, -0.05) is 23.7 Å². The smallest absolute Gasteiger partial charge is 0.398 e. The average molecular weight is 634 g/mol. The molecule has 12 heteroatoms. The SMILES string of the molecule is CC(=O)N1CCC(C(=O)N(CCCN2CC3CN(C(=O)c4c(N)cccc4C(F)(F)F)CC3C2)c2ccc(C)c(Cl)c2)CC1. The van der Waals surface area contributed by atoms with E-state index in [1.165, 1.54) is 17.0 Å². The highest BCUT2D eigenvalue weighted by Gasteiger charge is 2.44. The third-order valence-electron chi connectivity index (χ3n) is 9.34. The number of alkyl halides is 3. The summed E-state index contributed by atoms with van der Waals surface area (Å²) < 4.78 is 40.8. The lowest BCUT2D eigenvalue weighted by molar-refractivity contribution is -0.138. The highest BCUT2D eigenvalue weighted by molar-refractivity contribution is 6.31. The second-order valence-corrected chi connectivity index (χ2v) is 12.7. The van der Waals surface area contributed by atoms with Gasteiger partial charge in [0.15, 0.2) is 0 Å². The molecule has 3 amide bonds. The highest BCUT2D eigenvalue weighted by atomic mass is 35.5. The van der Waals surface area contributed by atoms with Gasteiger partial charge in [-0.05, 0) is 74.4 Å². The molecule has 3 heterocycles. The number of likely N-dealkylation sites (tertiary alicyclic amines) is 3. The lowest BCUT2D eigenvalue weighted by Crippen LogP contribution is -2.44. The van der Waals surface area contributed by atoms with E-state index in [1.54, 1.807) is 11.8 Å². The molecule has 0 saturated carbocycles. The standard InChI is InChI=1S/C32H39ClF3N5O3/c1-20-7-8-25(15-27(20)33)41(30(43)22-9-13-39(14-10-22)21(2)42)12-4-11-38-16-23-18-40(19-24(23)17-38)31(44)29-26(32(34,35)36)5-3-6-28(29)37/h3,5-8,15,22-24H,4,9-14,16-19,37H2,1-2H3. The predicted molar refractivity (Wildman–Crippen MR) is 163 cm³/mol. The Labute approximate surface area is 260 Å². The van der Waals surface area contributed by atoms with Crippen molar-refractivity contribution >= 4 is 40.7 Å². The van der Waals surface area contributed by atoms with Crippen LogP contribution in [0.15, 0.2) is 36.4 Å². The summed E-state index contributed by atoms with van der Waals surface area (Å²) in [5.74, 6) is -0.444. The van der Waals surface area contributed by atoms with Crippen LogP contribution in [0.25, 0.3) is 0 Å². The van der Waals surface area contributed by atoms with E-state index in [-0.39, 0.29) is 35.3 Å². The molecule has 2 atom stereocenters. The molecule has 8 nitrogen and oxygen atoms in total. The van der Waals surface area contributed by atoms with Crippen molar-refractivity contribution in [1.82, 2.24) is 14.7 Å². The first-order valence-corrected chi connectivity index (χ1v) is 15.5. The summed E-state index contributed by atoms with van der Waals surface area (Å²) in [7, 11) is 0. The van der Waals surface area contributed by atoms with Crippen molar-refractivity contribution in [1.29, 1.82) is 0 Å². The van der Waals surface area contributed by atoms with Crippen LogP contribution in [0.5, 0.6) is 0 Å². The first-order chi connectivity index (χ1) is 20.8. The van der Waals surface area contributed by atoms with Gasteiger partial charge in [-0.2, -0.15) is 13.2 Å². The topological polar surface area (TPSA) is 90.2 Å². The van der Waals surface area contributed by atoms with Crippen molar-refractivity contribution in [3.05, 3.63) is 58.1 Å². The summed E-state index contributed by atoms with van der Waals surface area (Å²) in [6.45, 7) is 8.10. The molecule has 2 aromatic rings. The molecule has 3 aliphatic rings. The van der Waals surface area contributed by atoms with Gasteiger partial charge in [-0.15, -0.1) is 0 Å². The van der Waals surface area contributed by atoms with E-state index >= 15 is 0 Å². The molecular formula is C32H39ClF3N5O3. The van der Waals surface area contributed by atoms with E-state index in [0.29, 0.717) is 50.6 Å². The summed E-state index contributed by atoms with van der Waals surface area (Å²) in [6.07, 6.45) is -2.70. The van der Waals surface area contributed by atoms with Gasteiger partial charge in [0.1, 0.15) is 0 Å². The van der Waals surface area contributed by atoms with Gasteiger partial charge in [-0.3, -0.25) is 14.4 Å². The van der Waals surface area contributed by atoms with E-state index in [1.807, 2.05) is 30.0 Å². The molecule has 3 saturated heterocycles. The molecule has 0 aliphatic carbocycles. The third kappa shape index (κ3) is 6.83. The number of fused-ring (bicyclic) bond motifs is 1. The molecule has 2 N–H and O–H groups in total. The van der Waals surface area contributed by atoms with Crippen LogP contribution in [-0.4, -0.2) is 84.8 Å². The number of amides is 3. The van der Waals surface area contributed by atoms with Gasteiger partial charge < -0.3 is 25.3 Å². The number of piperidine rings is 1. The second kappa shape index (κ2) is 13.0. The van der Waals surface area contributed by atoms with Crippen molar-refractivity contribution in [3.63, 3.8) is 0 Å². The quantitative estimate of drug-likeness (QED) is 0.437. The van der Waals surface area contributed by atoms with Crippen LogP contribution in [0.3, 0.4) is 0 Å². The largest absolute Gasteiger partial charge is 0.417 e. The summed E-state index contributed by atoms with van der Waals surface area (Å²) in [5, 5.41) is 0.595. The monoisotopic (exact) mass is 633 g/mol. The van der Waals surface area contributed by atoms with Crippen LogP contribution < -0.4 is 10.6 Å². The maximum Gasteiger partial charge on any atom is 0.417 e. The zero-order valence-corrected chi connectivity index (χ0v) is 25.8. The number of carbonyl (C=O) groups is 3. The van der Waals surface area contributed by atoms with Gasteiger partial charge in [0.2, 0.25) is 11.8 Å². The first kappa shape index (κ1) is 32.1. The Morgan fingerprint density at radius 2 is 1.66 bits per heavy atom. The van der Waals surface area contributed by atoms with Crippen molar-refractivity contribution in [2.45, 2.75) is 39.3 Å². The molecule has 3 aliphatic heterocycles. The third-order valence-corrected chi connectivity index (χ3v) is 9.75. The van der Waals surface area contributed by atoms with Crippen LogP contribution in [0.1, 0.15) is 47.7 Å². The summed E-state index contributed by atoms with van der Waals surface area (Å²) in [6, 6.07) is 9.09. The molecule has 44 heavy (non-hydrogen) atoms. The Morgan fingerprint density at radius 1 is 1.00 bits per heavy atom. The maximum atomic E-state index is 13.7. The molecule has 0 spiro atoms. The van der Waals surface area contributed by atoms with E-state index in [0.717, 1.165) is 43.4 Å². The van der Waals surface area contributed by atoms with Crippen LogP contribution in [-0.2, 0) is 15.8 Å². The Balaban J connectivity index is 1.18. The zero-order chi connectivity index (χ0) is 31.8. The number of rotatable bonds is 7. The van der Waals surface area contributed by atoms with E-state index in [9.17, 15) is 27.6 Å². The number of nitrogens with zero attached hydrogens (tertiary/aromatic N) is 4. The van der Waals surface area contributed by atoms with Crippen molar-refractivity contribution < 1.29 is 27.6 Å². The number of hydrogen-bond donors (Lipinski definition) is 1. The second-order valence-electron chi connectivity index (χ2n) is 12.3. The zero-order valence-electron chi connectivity index (χ0n) is 25.1. The molecule has 2 aromatic carbocycles. The molecule has 2 unspecified atom stereocenters. The number of aryl methyl sites for hydroxylation is 1. The number of halogens is 4. The summed E-state index contributed by atoms with van der Waals surface area (Å²) in [4.78, 5) is 46.1. The highest BCUT2D eigenvalue weighted by Crippen LogP contribution is 2.38. The van der Waals surface area contributed by atoms with Crippen LogP contribution in [0.4, 0.5) is 24.5 Å². The minimum absolute atomic E-state index is 0.0243. The molecule has 0 radical (unpaired) electrons. The van der Waals surface area contributed by atoms with Crippen molar-refractivity contribution in [2.24, 2.45) is 17.8 Å². The van der Waals surface area contributed by atoms with Crippen molar-refractivity contribution in [2.75, 3.05) is 63.0 Å².